The summed E-state index contributed by atoms with van der Waals surface area (Å²) in [5.74, 6) is -0.0628. The number of hydrogen-bond acceptors (Lipinski definition) is 3. The highest BCUT2D eigenvalue weighted by Crippen LogP contribution is 2.15. The maximum Gasteiger partial charge on any atom is 0.220 e. The first-order valence-electron chi connectivity index (χ1n) is 18.4. The highest BCUT2D eigenvalue weighted by atomic mass is 16.3. The van der Waals surface area contributed by atoms with E-state index in [-0.39, 0.29) is 12.5 Å². The second-order valence-electron chi connectivity index (χ2n) is 12.7. The van der Waals surface area contributed by atoms with Crippen LogP contribution in [-0.2, 0) is 4.79 Å². The van der Waals surface area contributed by atoms with E-state index in [1.165, 1.54) is 154 Å². The molecule has 0 heterocycles. The van der Waals surface area contributed by atoms with Crippen LogP contribution < -0.4 is 5.32 Å². The Morgan fingerprint density at radius 1 is 0.561 bits per heavy atom. The molecule has 244 valence electrons. The van der Waals surface area contributed by atoms with Gasteiger partial charge in [0.25, 0.3) is 0 Å². The zero-order valence-electron chi connectivity index (χ0n) is 27.8. The Bertz CT molecular complexity index is 550. The molecule has 0 aromatic heterocycles. The lowest BCUT2D eigenvalue weighted by atomic mass is 10.0. The predicted octanol–water partition coefficient (Wildman–Crippen LogP) is 10.7. The van der Waals surface area contributed by atoms with Crippen LogP contribution in [0.2, 0.25) is 0 Å². The van der Waals surface area contributed by atoms with E-state index in [0.29, 0.717) is 6.42 Å². The van der Waals surface area contributed by atoms with Crippen LogP contribution >= 0.6 is 0 Å². The summed E-state index contributed by atoms with van der Waals surface area (Å²) in [6.07, 6.45) is 40.0. The molecule has 4 nitrogen and oxygen atoms in total. The van der Waals surface area contributed by atoms with Crippen molar-refractivity contribution in [1.29, 1.82) is 0 Å². The molecule has 0 radical (unpaired) electrons. The molecule has 0 aliphatic rings. The van der Waals surface area contributed by atoms with E-state index in [1.54, 1.807) is 6.08 Å². The maximum atomic E-state index is 12.3. The van der Waals surface area contributed by atoms with Crippen LogP contribution in [0.1, 0.15) is 200 Å². The Morgan fingerprint density at radius 2 is 0.902 bits per heavy atom. The van der Waals surface area contributed by atoms with Gasteiger partial charge in [0.15, 0.2) is 0 Å². The Kier molecular flexibility index (Phi) is 32.9. The van der Waals surface area contributed by atoms with Crippen molar-refractivity contribution in [3.05, 3.63) is 12.2 Å². The standard InChI is InChI=1S/C37H73NO3/c1-3-5-7-9-11-13-15-17-18-19-21-23-25-27-29-31-33-37(41)38-35(34-39)36(40)32-30-28-26-24-22-20-16-14-12-10-8-6-4-2/h30,32,35-36,39-40H,3-29,31,33-34H2,1-2H3,(H,38,41)/b32-30+/t35-,36+/m0/s1. The predicted molar refractivity (Wildman–Crippen MR) is 179 cm³/mol. The lowest BCUT2D eigenvalue weighted by molar-refractivity contribution is -0.123. The average Bonchev–Trinajstić information content (AvgIpc) is 2.97. The van der Waals surface area contributed by atoms with Gasteiger partial charge in [-0.1, -0.05) is 187 Å². The molecule has 0 bridgehead atoms. The van der Waals surface area contributed by atoms with Gasteiger partial charge >= 0.3 is 0 Å². The molecule has 0 fully saturated rings. The van der Waals surface area contributed by atoms with Gasteiger partial charge in [-0.2, -0.15) is 0 Å². The molecule has 0 saturated heterocycles. The van der Waals surface area contributed by atoms with Crippen molar-refractivity contribution in [3.63, 3.8) is 0 Å². The van der Waals surface area contributed by atoms with Gasteiger partial charge < -0.3 is 15.5 Å². The van der Waals surface area contributed by atoms with Crippen molar-refractivity contribution < 1.29 is 15.0 Å². The van der Waals surface area contributed by atoms with E-state index in [9.17, 15) is 15.0 Å². The topological polar surface area (TPSA) is 69.6 Å². The number of unbranched alkanes of at least 4 members (excludes halogenated alkanes) is 26. The summed E-state index contributed by atoms with van der Waals surface area (Å²) in [6, 6.07) is -0.614. The number of carbonyl (C=O) groups excluding carboxylic acids is 1. The molecule has 41 heavy (non-hydrogen) atoms. The van der Waals surface area contributed by atoms with E-state index in [2.05, 4.69) is 19.2 Å². The van der Waals surface area contributed by atoms with Gasteiger partial charge in [-0.15, -0.1) is 0 Å². The van der Waals surface area contributed by atoms with Crippen LogP contribution in [0.3, 0.4) is 0 Å². The fourth-order valence-electron chi connectivity index (χ4n) is 5.65. The molecule has 0 rings (SSSR count). The first kappa shape index (κ1) is 40.1. The summed E-state index contributed by atoms with van der Waals surface area (Å²) in [6.45, 7) is 4.30. The zero-order chi connectivity index (χ0) is 30.1. The second kappa shape index (κ2) is 33.6. The van der Waals surface area contributed by atoms with Gasteiger partial charge in [0.2, 0.25) is 5.91 Å². The molecule has 0 spiro atoms. The van der Waals surface area contributed by atoms with Gasteiger partial charge in [0, 0.05) is 6.42 Å². The molecular weight excluding hydrogens is 506 g/mol. The number of hydrogen-bond donors (Lipinski definition) is 3. The average molecular weight is 580 g/mol. The molecule has 3 N–H and O–H groups in total. The third-order valence-electron chi connectivity index (χ3n) is 8.52. The lowest BCUT2D eigenvalue weighted by Gasteiger charge is -2.20. The summed E-state index contributed by atoms with van der Waals surface area (Å²) < 4.78 is 0. The number of aliphatic hydroxyl groups excluding tert-OH is 2. The molecule has 0 aromatic rings. The highest BCUT2D eigenvalue weighted by molar-refractivity contribution is 5.76. The minimum atomic E-state index is -0.831. The van der Waals surface area contributed by atoms with Crippen LogP contribution in [0.4, 0.5) is 0 Å². The third kappa shape index (κ3) is 30.4. The van der Waals surface area contributed by atoms with Gasteiger partial charge in [-0.3, -0.25) is 4.79 Å². The van der Waals surface area contributed by atoms with Crippen molar-refractivity contribution >= 4 is 5.91 Å². The van der Waals surface area contributed by atoms with Gasteiger partial charge in [0.1, 0.15) is 0 Å². The van der Waals surface area contributed by atoms with E-state index in [0.717, 1.165) is 25.7 Å². The number of aliphatic hydroxyl groups is 2. The normalized spacial score (nSPS) is 13.2. The number of allylic oxidation sites excluding steroid dienone is 1. The van der Waals surface area contributed by atoms with Gasteiger partial charge in [-0.25, -0.2) is 0 Å². The van der Waals surface area contributed by atoms with E-state index >= 15 is 0 Å². The van der Waals surface area contributed by atoms with E-state index in [1.807, 2.05) is 6.08 Å². The fraction of sp³-hybridized carbons (Fsp3) is 0.919. The first-order valence-corrected chi connectivity index (χ1v) is 18.4. The molecule has 2 atom stereocenters. The number of nitrogens with one attached hydrogen (secondary N) is 1. The van der Waals surface area contributed by atoms with E-state index in [4.69, 9.17) is 0 Å². The zero-order valence-corrected chi connectivity index (χ0v) is 27.8. The van der Waals surface area contributed by atoms with Crippen LogP contribution in [0.5, 0.6) is 0 Å². The molecule has 4 heteroatoms. The molecule has 0 unspecified atom stereocenters. The highest BCUT2D eigenvalue weighted by Gasteiger charge is 2.17. The number of carbonyl (C=O) groups is 1. The van der Waals surface area contributed by atoms with Crippen LogP contribution in [-0.4, -0.2) is 34.9 Å². The Balaban J connectivity index is 3.58. The van der Waals surface area contributed by atoms with Gasteiger partial charge in [0.05, 0.1) is 18.8 Å². The van der Waals surface area contributed by atoms with Crippen LogP contribution in [0.15, 0.2) is 12.2 Å². The number of rotatable bonds is 33. The lowest BCUT2D eigenvalue weighted by Crippen LogP contribution is -2.45. The SMILES string of the molecule is CCCCCCCCCCCCC/C=C/[C@@H](O)[C@H](CO)NC(=O)CCCCCCCCCCCCCCCCCC. The minimum Gasteiger partial charge on any atom is -0.394 e. The smallest absolute Gasteiger partial charge is 0.220 e. The molecular formula is C37H73NO3. The van der Waals surface area contributed by atoms with Crippen molar-refractivity contribution in [2.75, 3.05) is 6.61 Å². The van der Waals surface area contributed by atoms with Crippen molar-refractivity contribution in [1.82, 2.24) is 5.32 Å². The summed E-state index contributed by atoms with van der Waals surface area (Å²) >= 11 is 0. The largest absolute Gasteiger partial charge is 0.394 e. The second-order valence-corrected chi connectivity index (χ2v) is 12.7. The first-order chi connectivity index (χ1) is 20.2. The Hall–Kier alpha value is -0.870. The van der Waals surface area contributed by atoms with Gasteiger partial charge in [-0.05, 0) is 19.3 Å². The van der Waals surface area contributed by atoms with Crippen LogP contribution in [0.25, 0.3) is 0 Å². The van der Waals surface area contributed by atoms with Crippen molar-refractivity contribution in [3.8, 4) is 0 Å². The Morgan fingerprint density at radius 3 is 1.27 bits per heavy atom. The summed E-state index contributed by atoms with van der Waals surface area (Å²) in [7, 11) is 0. The summed E-state index contributed by atoms with van der Waals surface area (Å²) in [5, 5.41) is 22.9. The molecule has 0 aliphatic carbocycles. The third-order valence-corrected chi connectivity index (χ3v) is 8.52. The minimum absolute atomic E-state index is 0.0628. The van der Waals surface area contributed by atoms with Crippen molar-refractivity contribution in [2.24, 2.45) is 0 Å². The fourth-order valence-corrected chi connectivity index (χ4v) is 5.65. The number of amides is 1. The molecule has 0 aromatic carbocycles. The van der Waals surface area contributed by atoms with Crippen LogP contribution in [0, 0.1) is 0 Å². The summed E-state index contributed by atoms with van der Waals surface area (Å²) in [5.41, 5.74) is 0. The Labute approximate surface area is 256 Å². The monoisotopic (exact) mass is 580 g/mol. The molecule has 0 aliphatic heterocycles. The quantitative estimate of drug-likeness (QED) is 0.0535. The van der Waals surface area contributed by atoms with E-state index < -0.39 is 12.1 Å². The summed E-state index contributed by atoms with van der Waals surface area (Å²) in [4.78, 5) is 12.3. The maximum absolute atomic E-state index is 12.3. The molecule has 1 amide bonds. The van der Waals surface area contributed by atoms with Crippen molar-refractivity contribution in [2.45, 2.75) is 212 Å². The molecule has 0 saturated carbocycles.